The Morgan fingerprint density at radius 3 is 2.62 bits per heavy atom. The summed E-state index contributed by atoms with van der Waals surface area (Å²) in [6, 6.07) is 3.70. The van der Waals surface area contributed by atoms with E-state index in [2.05, 4.69) is 20.9 Å². The van der Waals surface area contributed by atoms with Gasteiger partial charge in [0.2, 0.25) is 0 Å². The molecule has 0 radical (unpaired) electrons. The largest absolute Gasteiger partial charge is 0.496 e. The summed E-state index contributed by atoms with van der Waals surface area (Å²) in [5.41, 5.74) is 0.747. The van der Waals surface area contributed by atoms with Crippen LogP contribution in [0.25, 0.3) is 11.3 Å². The zero-order valence-electron chi connectivity index (χ0n) is 8.86. The molecule has 2 rings (SSSR count). The van der Waals surface area contributed by atoms with E-state index in [1.165, 1.54) is 6.39 Å². The summed E-state index contributed by atoms with van der Waals surface area (Å²) in [6.07, 6.45) is 2.99. The first-order valence-electron chi connectivity index (χ1n) is 4.57. The van der Waals surface area contributed by atoms with Gasteiger partial charge >= 0.3 is 0 Å². The summed E-state index contributed by atoms with van der Waals surface area (Å²) in [6.45, 7) is 0. The molecule has 16 heavy (non-hydrogen) atoms. The van der Waals surface area contributed by atoms with Crippen LogP contribution < -0.4 is 9.47 Å². The zero-order chi connectivity index (χ0) is 11.5. The van der Waals surface area contributed by atoms with Crippen molar-refractivity contribution in [2.24, 2.45) is 0 Å². The van der Waals surface area contributed by atoms with Gasteiger partial charge in [0.15, 0.2) is 12.2 Å². The fraction of sp³-hybridized carbons (Fsp3) is 0.182. The van der Waals surface area contributed by atoms with Gasteiger partial charge < -0.3 is 13.9 Å². The molecule has 0 bridgehead atoms. The molecule has 84 valence electrons. The van der Waals surface area contributed by atoms with Gasteiger partial charge in [-0.3, -0.25) is 0 Å². The van der Waals surface area contributed by atoms with Crippen molar-refractivity contribution in [1.29, 1.82) is 0 Å². The molecular formula is C11H10BrNO3. The number of oxazole rings is 1. The molecule has 0 spiro atoms. The fourth-order valence-electron chi connectivity index (χ4n) is 1.48. The number of rotatable bonds is 3. The molecule has 0 saturated carbocycles. The first-order chi connectivity index (χ1) is 7.77. The number of hydrogen-bond donors (Lipinski definition) is 0. The number of halogens is 1. The van der Waals surface area contributed by atoms with E-state index in [9.17, 15) is 0 Å². The number of benzene rings is 1. The molecule has 1 aromatic carbocycles. The molecule has 0 N–H and O–H groups in total. The van der Waals surface area contributed by atoms with Crippen LogP contribution in [0.2, 0.25) is 0 Å². The molecule has 2 aromatic rings. The first-order valence-corrected chi connectivity index (χ1v) is 5.36. The summed E-state index contributed by atoms with van der Waals surface area (Å²) in [4.78, 5) is 3.89. The van der Waals surface area contributed by atoms with Gasteiger partial charge in [0.05, 0.1) is 24.9 Å². The van der Waals surface area contributed by atoms with Crippen molar-refractivity contribution in [1.82, 2.24) is 4.98 Å². The highest BCUT2D eigenvalue weighted by Gasteiger charge is 2.18. The van der Waals surface area contributed by atoms with Gasteiger partial charge in [0, 0.05) is 0 Å². The second-order valence-electron chi connectivity index (χ2n) is 3.02. The quantitative estimate of drug-likeness (QED) is 0.868. The zero-order valence-corrected chi connectivity index (χ0v) is 10.4. The summed E-state index contributed by atoms with van der Waals surface area (Å²) in [5, 5.41) is 0. The van der Waals surface area contributed by atoms with Crippen molar-refractivity contribution in [3.8, 4) is 22.8 Å². The van der Waals surface area contributed by atoms with E-state index in [1.54, 1.807) is 20.4 Å². The average Bonchev–Trinajstić information content (AvgIpc) is 2.81. The lowest BCUT2D eigenvalue weighted by Crippen LogP contribution is -1.93. The Bertz CT molecular complexity index is 482. The van der Waals surface area contributed by atoms with Gasteiger partial charge in [-0.05, 0) is 28.1 Å². The molecule has 0 aliphatic heterocycles. The molecule has 0 saturated heterocycles. The first kappa shape index (κ1) is 11.0. The highest BCUT2D eigenvalue weighted by atomic mass is 79.9. The highest BCUT2D eigenvalue weighted by molar-refractivity contribution is 9.10. The normalized spacial score (nSPS) is 10.2. The number of hydrogen-bond acceptors (Lipinski definition) is 4. The molecule has 4 nitrogen and oxygen atoms in total. The van der Waals surface area contributed by atoms with Crippen molar-refractivity contribution < 1.29 is 13.9 Å². The fourth-order valence-corrected chi connectivity index (χ4v) is 1.97. The van der Waals surface area contributed by atoms with Gasteiger partial charge in [0.25, 0.3) is 0 Å². The van der Waals surface area contributed by atoms with Crippen LogP contribution in [0.1, 0.15) is 0 Å². The van der Waals surface area contributed by atoms with E-state index in [0.717, 1.165) is 10.0 Å². The van der Waals surface area contributed by atoms with E-state index >= 15 is 0 Å². The number of ether oxygens (including phenoxy) is 2. The second kappa shape index (κ2) is 4.57. The van der Waals surface area contributed by atoms with Crippen LogP contribution in [0.4, 0.5) is 0 Å². The Morgan fingerprint density at radius 2 is 2.06 bits per heavy atom. The molecule has 0 aliphatic rings. The lowest BCUT2D eigenvalue weighted by Gasteiger charge is -2.12. The summed E-state index contributed by atoms with van der Waals surface area (Å²) < 4.78 is 16.7. The third-order valence-electron chi connectivity index (χ3n) is 2.17. The molecule has 0 fully saturated rings. The third-order valence-corrected chi connectivity index (χ3v) is 2.80. The second-order valence-corrected chi connectivity index (χ2v) is 3.88. The van der Waals surface area contributed by atoms with Crippen molar-refractivity contribution in [3.05, 3.63) is 29.2 Å². The minimum Gasteiger partial charge on any atom is -0.496 e. The van der Waals surface area contributed by atoms with Gasteiger partial charge in [-0.25, -0.2) is 4.98 Å². The van der Waals surface area contributed by atoms with E-state index in [4.69, 9.17) is 13.9 Å². The van der Waals surface area contributed by atoms with Crippen LogP contribution in [-0.2, 0) is 0 Å². The van der Waals surface area contributed by atoms with Crippen molar-refractivity contribution in [2.75, 3.05) is 14.2 Å². The topological polar surface area (TPSA) is 44.5 Å². The van der Waals surface area contributed by atoms with Crippen LogP contribution in [-0.4, -0.2) is 19.2 Å². The highest BCUT2D eigenvalue weighted by Crippen LogP contribution is 2.42. The van der Waals surface area contributed by atoms with E-state index in [-0.39, 0.29) is 0 Å². The molecule has 5 heteroatoms. The SMILES string of the molecule is COc1ccc(Br)c(OC)c1-c1cnco1. The predicted molar refractivity (Wildman–Crippen MR) is 62.7 cm³/mol. The van der Waals surface area contributed by atoms with Crippen molar-refractivity contribution in [3.63, 3.8) is 0 Å². The Balaban J connectivity index is 2.68. The summed E-state index contributed by atoms with van der Waals surface area (Å²) in [7, 11) is 3.20. The monoisotopic (exact) mass is 283 g/mol. The summed E-state index contributed by atoms with van der Waals surface area (Å²) >= 11 is 3.41. The lowest BCUT2D eigenvalue weighted by atomic mass is 10.1. The van der Waals surface area contributed by atoms with E-state index < -0.39 is 0 Å². The van der Waals surface area contributed by atoms with Gasteiger partial charge in [-0.15, -0.1) is 0 Å². The lowest BCUT2D eigenvalue weighted by molar-refractivity contribution is 0.393. The van der Waals surface area contributed by atoms with Gasteiger partial charge in [0.1, 0.15) is 17.1 Å². The van der Waals surface area contributed by atoms with Crippen LogP contribution in [0, 0.1) is 0 Å². The number of methoxy groups -OCH3 is 2. The molecule has 0 unspecified atom stereocenters. The number of nitrogens with zero attached hydrogens (tertiary/aromatic N) is 1. The molecule has 0 aliphatic carbocycles. The predicted octanol–water partition coefficient (Wildman–Crippen LogP) is 3.12. The maximum Gasteiger partial charge on any atom is 0.181 e. The van der Waals surface area contributed by atoms with Crippen LogP contribution in [0.3, 0.4) is 0 Å². The van der Waals surface area contributed by atoms with E-state index in [1.807, 2.05) is 12.1 Å². The average molecular weight is 284 g/mol. The molecule has 0 atom stereocenters. The maximum absolute atomic E-state index is 5.33. The van der Waals surface area contributed by atoms with Crippen LogP contribution in [0.15, 0.2) is 33.6 Å². The van der Waals surface area contributed by atoms with Crippen LogP contribution >= 0.6 is 15.9 Å². The molecule has 0 amide bonds. The Morgan fingerprint density at radius 1 is 1.25 bits per heavy atom. The smallest absolute Gasteiger partial charge is 0.181 e. The molecular weight excluding hydrogens is 274 g/mol. The minimum atomic E-state index is 0.606. The van der Waals surface area contributed by atoms with Gasteiger partial charge in [-0.2, -0.15) is 0 Å². The standard InChI is InChI=1S/C11H10BrNO3/c1-14-8-4-3-7(12)11(15-2)10(8)9-5-13-6-16-9/h3-6H,1-2H3. The Hall–Kier alpha value is -1.49. The van der Waals surface area contributed by atoms with Crippen LogP contribution in [0.5, 0.6) is 11.5 Å². The van der Waals surface area contributed by atoms with Gasteiger partial charge in [-0.1, -0.05) is 0 Å². The van der Waals surface area contributed by atoms with Crippen molar-refractivity contribution in [2.45, 2.75) is 0 Å². The summed E-state index contributed by atoms with van der Waals surface area (Å²) in [5.74, 6) is 1.95. The molecule has 1 heterocycles. The molecule has 1 aromatic heterocycles. The number of aromatic nitrogens is 1. The Kier molecular flexibility index (Phi) is 3.14. The third kappa shape index (κ3) is 1.78. The maximum atomic E-state index is 5.33. The Labute approximate surface area is 101 Å². The van der Waals surface area contributed by atoms with Crippen molar-refractivity contribution >= 4 is 15.9 Å². The minimum absolute atomic E-state index is 0.606. The van der Waals surface area contributed by atoms with E-state index in [0.29, 0.717) is 17.3 Å².